The van der Waals surface area contributed by atoms with E-state index in [2.05, 4.69) is 10.1 Å². The van der Waals surface area contributed by atoms with Crippen molar-refractivity contribution < 1.29 is 14.1 Å². The molecule has 0 aromatic carbocycles. The number of carbonyl (C=O) groups excluding carboxylic acids is 1. The summed E-state index contributed by atoms with van der Waals surface area (Å²) in [6.45, 7) is 4.89. The van der Waals surface area contributed by atoms with Gasteiger partial charge in [-0.05, 0) is 26.2 Å². The molecule has 5 heteroatoms. The van der Waals surface area contributed by atoms with Crippen molar-refractivity contribution in [2.75, 3.05) is 13.2 Å². The van der Waals surface area contributed by atoms with Gasteiger partial charge in [-0.3, -0.25) is 4.79 Å². The number of carbonyl (C=O) groups is 1. The zero-order valence-electron chi connectivity index (χ0n) is 9.60. The molecule has 1 aromatic rings. The van der Waals surface area contributed by atoms with Gasteiger partial charge in [0.05, 0.1) is 5.92 Å². The summed E-state index contributed by atoms with van der Waals surface area (Å²) in [5.41, 5.74) is 0. The molecular weight excluding hydrogens is 208 g/mol. The monoisotopic (exact) mass is 224 g/mol. The van der Waals surface area contributed by atoms with Gasteiger partial charge in [-0.2, -0.15) is 4.98 Å². The van der Waals surface area contributed by atoms with E-state index >= 15 is 0 Å². The fraction of sp³-hybridized carbons (Fsp3) is 0.727. The zero-order valence-corrected chi connectivity index (χ0v) is 9.60. The van der Waals surface area contributed by atoms with E-state index in [0.29, 0.717) is 17.6 Å². The Hall–Kier alpha value is -1.23. The number of aromatic nitrogens is 2. The van der Waals surface area contributed by atoms with Crippen LogP contribution in [-0.2, 0) is 16.0 Å². The van der Waals surface area contributed by atoms with Gasteiger partial charge in [-0.1, -0.05) is 5.16 Å². The Morgan fingerprint density at radius 1 is 1.62 bits per heavy atom. The first-order valence-electron chi connectivity index (χ1n) is 5.57. The fourth-order valence-corrected chi connectivity index (χ4v) is 1.70. The molecule has 2 atom stereocenters. The van der Waals surface area contributed by atoms with Gasteiger partial charge in [0.1, 0.15) is 5.78 Å². The molecule has 2 unspecified atom stereocenters. The summed E-state index contributed by atoms with van der Waals surface area (Å²) in [5.74, 6) is 1.32. The lowest BCUT2D eigenvalue weighted by Crippen LogP contribution is -2.07. The molecule has 1 aliphatic heterocycles. The van der Waals surface area contributed by atoms with Gasteiger partial charge in [0.15, 0.2) is 5.82 Å². The minimum Gasteiger partial charge on any atom is -0.381 e. The van der Waals surface area contributed by atoms with Crippen LogP contribution in [0.15, 0.2) is 4.52 Å². The number of hydrogen-bond acceptors (Lipinski definition) is 5. The summed E-state index contributed by atoms with van der Waals surface area (Å²) in [5, 5.41) is 3.89. The average molecular weight is 224 g/mol. The normalized spacial score (nSPS) is 22.2. The van der Waals surface area contributed by atoms with Gasteiger partial charge in [-0.15, -0.1) is 0 Å². The standard InChI is InChI=1S/C11H16N2O3/c1-7(8(2)14)11-12-10(13-16-11)5-9-3-4-15-6-9/h7,9H,3-6H2,1-2H3. The van der Waals surface area contributed by atoms with E-state index in [1.807, 2.05) is 0 Å². The van der Waals surface area contributed by atoms with Crippen LogP contribution in [0.3, 0.4) is 0 Å². The number of rotatable bonds is 4. The van der Waals surface area contributed by atoms with Crippen LogP contribution in [0.5, 0.6) is 0 Å². The van der Waals surface area contributed by atoms with Gasteiger partial charge >= 0.3 is 0 Å². The molecule has 16 heavy (non-hydrogen) atoms. The lowest BCUT2D eigenvalue weighted by molar-refractivity contribution is -0.118. The maximum Gasteiger partial charge on any atom is 0.236 e. The summed E-state index contributed by atoms with van der Waals surface area (Å²) in [6, 6.07) is 0. The van der Waals surface area contributed by atoms with Gasteiger partial charge < -0.3 is 9.26 Å². The molecule has 1 aromatic heterocycles. The second kappa shape index (κ2) is 4.74. The Labute approximate surface area is 94.2 Å². The highest BCUT2D eigenvalue weighted by Gasteiger charge is 2.22. The molecular formula is C11H16N2O3. The van der Waals surface area contributed by atoms with Crippen molar-refractivity contribution in [2.45, 2.75) is 32.6 Å². The number of nitrogens with zero attached hydrogens (tertiary/aromatic N) is 2. The van der Waals surface area contributed by atoms with E-state index in [0.717, 1.165) is 26.1 Å². The van der Waals surface area contributed by atoms with Crippen molar-refractivity contribution in [1.29, 1.82) is 0 Å². The molecule has 0 N–H and O–H groups in total. The number of ether oxygens (including phenoxy) is 1. The largest absolute Gasteiger partial charge is 0.381 e. The molecule has 0 radical (unpaired) electrons. The van der Waals surface area contributed by atoms with Crippen LogP contribution in [0.25, 0.3) is 0 Å². The SMILES string of the molecule is CC(=O)C(C)c1nc(CC2CCOC2)no1. The van der Waals surface area contributed by atoms with Crippen molar-refractivity contribution >= 4 is 5.78 Å². The molecule has 1 fully saturated rings. The Morgan fingerprint density at radius 3 is 3.06 bits per heavy atom. The molecule has 0 bridgehead atoms. The summed E-state index contributed by atoms with van der Waals surface area (Å²) < 4.78 is 10.4. The number of Topliss-reactive ketones (excluding diaryl/α,β-unsaturated/α-hetero) is 1. The number of ketones is 1. The van der Waals surface area contributed by atoms with Crippen LogP contribution < -0.4 is 0 Å². The second-order valence-electron chi connectivity index (χ2n) is 4.31. The fourth-order valence-electron chi connectivity index (χ4n) is 1.70. The van der Waals surface area contributed by atoms with E-state index in [1.54, 1.807) is 6.92 Å². The van der Waals surface area contributed by atoms with Gasteiger partial charge in [-0.25, -0.2) is 0 Å². The van der Waals surface area contributed by atoms with Crippen LogP contribution in [0.4, 0.5) is 0 Å². The first-order valence-corrected chi connectivity index (χ1v) is 5.57. The Balaban J connectivity index is 1.98. The predicted octanol–water partition coefficient (Wildman–Crippen LogP) is 1.34. The smallest absolute Gasteiger partial charge is 0.236 e. The van der Waals surface area contributed by atoms with Crippen molar-refractivity contribution in [1.82, 2.24) is 10.1 Å². The molecule has 0 amide bonds. The number of hydrogen-bond donors (Lipinski definition) is 0. The van der Waals surface area contributed by atoms with Gasteiger partial charge in [0.2, 0.25) is 5.89 Å². The molecule has 1 aliphatic rings. The van der Waals surface area contributed by atoms with Crippen molar-refractivity contribution in [3.05, 3.63) is 11.7 Å². The Morgan fingerprint density at radius 2 is 2.44 bits per heavy atom. The maximum absolute atomic E-state index is 11.2. The van der Waals surface area contributed by atoms with Crippen molar-refractivity contribution in [3.8, 4) is 0 Å². The van der Waals surface area contributed by atoms with Crippen LogP contribution in [0.2, 0.25) is 0 Å². The molecule has 1 saturated heterocycles. The van der Waals surface area contributed by atoms with E-state index < -0.39 is 0 Å². The lowest BCUT2D eigenvalue weighted by atomic mass is 10.0. The van der Waals surface area contributed by atoms with Crippen molar-refractivity contribution in [3.63, 3.8) is 0 Å². The summed E-state index contributed by atoms with van der Waals surface area (Å²) in [4.78, 5) is 15.4. The Bertz CT molecular complexity index is 369. The third-order valence-electron chi connectivity index (χ3n) is 2.96. The molecule has 0 aliphatic carbocycles. The van der Waals surface area contributed by atoms with E-state index in [-0.39, 0.29) is 11.7 Å². The molecule has 2 heterocycles. The van der Waals surface area contributed by atoms with Crippen LogP contribution in [0, 0.1) is 5.92 Å². The maximum atomic E-state index is 11.2. The summed E-state index contributed by atoms with van der Waals surface area (Å²) >= 11 is 0. The Kier molecular flexibility index (Phi) is 3.33. The first-order chi connectivity index (χ1) is 7.66. The zero-order chi connectivity index (χ0) is 11.5. The van der Waals surface area contributed by atoms with Crippen LogP contribution >= 0.6 is 0 Å². The first kappa shape index (κ1) is 11.3. The van der Waals surface area contributed by atoms with E-state index in [9.17, 15) is 4.79 Å². The molecule has 0 saturated carbocycles. The summed E-state index contributed by atoms with van der Waals surface area (Å²) in [6.07, 6.45) is 1.82. The van der Waals surface area contributed by atoms with Gasteiger partial charge in [0, 0.05) is 19.6 Å². The highest BCUT2D eigenvalue weighted by atomic mass is 16.5. The van der Waals surface area contributed by atoms with Crippen LogP contribution in [-0.4, -0.2) is 29.1 Å². The van der Waals surface area contributed by atoms with E-state index in [1.165, 1.54) is 6.92 Å². The predicted molar refractivity (Wildman–Crippen MR) is 56.0 cm³/mol. The van der Waals surface area contributed by atoms with Crippen LogP contribution in [0.1, 0.15) is 37.9 Å². The third kappa shape index (κ3) is 2.47. The molecule has 2 rings (SSSR count). The van der Waals surface area contributed by atoms with Gasteiger partial charge in [0.25, 0.3) is 0 Å². The highest BCUT2D eigenvalue weighted by Crippen LogP contribution is 2.19. The minimum atomic E-state index is -0.305. The molecule has 5 nitrogen and oxygen atoms in total. The highest BCUT2D eigenvalue weighted by molar-refractivity contribution is 5.81. The van der Waals surface area contributed by atoms with E-state index in [4.69, 9.17) is 9.26 Å². The topological polar surface area (TPSA) is 65.2 Å². The molecule has 88 valence electrons. The van der Waals surface area contributed by atoms with Crippen molar-refractivity contribution in [2.24, 2.45) is 5.92 Å². The summed E-state index contributed by atoms with van der Waals surface area (Å²) in [7, 11) is 0. The second-order valence-corrected chi connectivity index (χ2v) is 4.31. The lowest BCUT2D eigenvalue weighted by Gasteiger charge is -2.01. The quantitative estimate of drug-likeness (QED) is 0.772. The average Bonchev–Trinajstić information content (AvgIpc) is 2.88. The minimum absolute atomic E-state index is 0.0411. The third-order valence-corrected chi connectivity index (χ3v) is 2.96. The molecule has 0 spiro atoms.